The van der Waals surface area contributed by atoms with Gasteiger partial charge in [-0.1, -0.05) is 12.1 Å². The minimum atomic E-state index is -4.46. The third-order valence-electron chi connectivity index (χ3n) is 6.31. The Morgan fingerprint density at radius 3 is 2.68 bits per heavy atom. The molecule has 2 heterocycles. The van der Waals surface area contributed by atoms with Gasteiger partial charge in [-0.3, -0.25) is 9.48 Å². The van der Waals surface area contributed by atoms with E-state index in [0.717, 1.165) is 12.1 Å². The van der Waals surface area contributed by atoms with Gasteiger partial charge in [0.25, 0.3) is 0 Å². The van der Waals surface area contributed by atoms with Crippen LogP contribution in [0.15, 0.2) is 30.5 Å². The molecule has 0 unspecified atom stereocenters. The number of aryl methyl sites for hydroxylation is 1. The first-order valence-electron chi connectivity index (χ1n) is 12.1. The van der Waals surface area contributed by atoms with Gasteiger partial charge in [-0.15, -0.1) is 5.10 Å². The van der Waals surface area contributed by atoms with Gasteiger partial charge in [0, 0.05) is 44.7 Å². The molecule has 37 heavy (non-hydrogen) atoms. The molecule has 0 spiro atoms. The molecule has 2 aromatic rings. The van der Waals surface area contributed by atoms with Gasteiger partial charge in [0.05, 0.1) is 37.1 Å². The van der Waals surface area contributed by atoms with Gasteiger partial charge in [-0.25, -0.2) is 4.79 Å². The SMILES string of the molecule is C[C@H](CO)N1C[C@H](C)[C@H](CN(C)C(=O)Nc2ccc(C(F)(F)F)cc2)OCc2cn(nn2)CCCC1=O. The van der Waals surface area contributed by atoms with E-state index in [0.29, 0.717) is 25.2 Å². The number of nitrogens with one attached hydrogen (secondary N) is 1. The van der Waals surface area contributed by atoms with Crippen LogP contribution in [-0.4, -0.2) is 80.7 Å². The normalized spacial score (nSPS) is 20.4. The highest BCUT2D eigenvalue weighted by Crippen LogP contribution is 2.30. The van der Waals surface area contributed by atoms with Crippen molar-refractivity contribution in [2.45, 2.75) is 58.2 Å². The number of amides is 3. The van der Waals surface area contributed by atoms with E-state index in [1.165, 1.54) is 17.0 Å². The van der Waals surface area contributed by atoms with E-state index < -0.39 is 23.9 Å². The van der Waals surface area contributed by atoms with Gasteiger partial charge in [-0.2, -0.15) is 13.2 Å². The number of ether oxygens (including phenoxy) is 1. The van der Waals surface area contributed by atoms with Crippen molar-refractivity contribution >= 4 is 17.6 Å². The van der Waals surface area contributed by atoms with E-state index in [-0.39, 0.29) is 49.7 Å². The van der Waals surface area contributed by atoms with E-state index in [1.807, 2.05) is 6.92 Å². The molecular weight excluding hydrogens is 493 g/mol. The second-order valence-electron chi connectivity index (χ2n) is 9.37. The molecule has 0 saturated carbocycles. The Kier molecular flexibility index (Phi) is 9.49. The van der Waals surface area contributed by atoms with E-state index >= 15 is 0 Å². The summed E-state index contributed by atoms with van der Waals surface area (Å²) >= 11 is 0. The summed E-state index contributed by atoms with van der Waals surface area (Å²) in [6.45, 7) is 4.59. The molecule has 204 valence electrons. The molecule has 1 aromatic carbocycles. The topological polar surface area (TPSA) is 113 Å². The number of anilines is 1. The van der Waals surface area contributed by atoms with E-state index in [1.54, 1.807) is 29.7 Å². The number of urea groups is 1. The molecule has 10 nitrogen and oxygen atoms in total. The van der Waals surface area contributed by atoms with E-state index in [9.17, 15) is 27.9 Å². The average molecular weight is 527 g/mol. The number of aromatic nitrogens is 3. The Morgan fingerprint density at radius 1 is 1.32 bits per heavy atom. The second-order valence-corrected chi connectivity index (χ2v) is 9.37. The number of aliphatic hydroxyl groups is 1. The summed E-state index contributed by atoms with van der Waals surface area (Å²) in [6.07, 6.45) is -2.38. The lowest BCUT2D eigenvalue weighted by Crippen LogP contribution is -2.48. The first-order chi connectivity index (χ1) is 17.5. The molecule has 1 aliphatic heterocycles. The molecular formula is C24H33F3N6O4. The van der Waals surface area contributed by atoms with Crippen molar-refractivity contribution < 1.29 is 32.6 Å². The number of carbonyl (C=O) groups is 2. The van der Waals surface area contributed by atoms with Crippen LogP contribution >= 0.6 is 0 Å². The Hall–Kier alpha value is -3.19. The lowest BCUT2D eigenvalue weighted by Gasteiger charge is -2.35. The standard InChI is InChI=1S/C24H33F3N6O4/c1-16-11-33(17(2)14-34)22(35)5-4-10-32-12-20(29-30-32)15-37-21(16)13-31(3)23(36)28-19-8-6-18(7-9-19)24(25,26)27/h6-9,12,16-17,21,34H,4-5,10-11,13-15H2,1-3H3,(H,28,36)/t16-,17+,21-/m0/s1. The number of aliphatic hydroxyl groups excluding tert-OH is 1. The number of benzene rings is 1. The van der Waals surface area contributed by atoms with Crippen LogP contribution in [0, 0.1) is 5.92 Å². The van der Waals surface area contributed by atoms with Crippen LogP contribution in [0.4, 0.5) is 23.7 Å². The highest BCUT2D eigenvalue weighted by atomic mass is 19.4. The summed E-state index contributed by atoms with van der Waals surface area (Å²) in [5.74, 6) is -0.324. The monoisotopic (exact) mass is 526 g/mol. The third kappa shape index (κ3) is 7.89. The first kappa shape index (κ1) is 28.4. The summed E-state index contributed by atoms with van der Waals surface area (Å²) in [6, 6.07) is 3.26. The Bertz CT molecular complexity index is 1050. The summed E-state index contributed by atoms with van der Waals surface area (Å²) in [5.41, 5.74) is 0.0253. The zero-order valence-corrected chi connectivity index (χ0v) is 21.1. The van der Waals surface area contributed by atoms with Crippen molar-refractivity contribution in [2.75, 3.05) is 32.1 Å². The van der Waals surface area contributed by atoms with Crippen molar-refractivity contribution in [1.29, 1.82) is 0 Å². The molecule has 1 aromatic heterocycles. The Morgan fingerprint density at radius 2 is 2.03 bits per heavy atom. The van der Waals surface area contributed by atoms with Crippen molar-refractivity contribution in [3.8, 4) is 0 Å². The summed E-state index contributed by atoms with van der Waals surface area (Å²) in [7, 11) is 1.55. The fraction of sp³-hybridized carbons (Fsp3) is 0.583. The second kappa shape index (κ2) is 12.4. The maximum Gasteiger partial charge on any atom is 0.416 e. The fourth-order valence-corrected chi connectivity index (χ4v) is 4.01. The van der Waals surface area contributed by atoms with Crippen molar-refractivity contribution in [1.82, 2.24) is 24.8 Å². The van der Waals surface area contributed by atoms with Gasteiger partial charge >= 0.3 is 12.2 Å². The van der Waals surface area contributed by atoms with Crippen LogP contribution in [0.2, 0.25) is 0 Å². The Labute approximate surface area is 213 Å². The smallest absolute Gasteiger partial charge is 0.394 e. The number of hydrogen-bond acceptors (Lipinski definition) is 6. The zero-order valence-electron chi connectivity index (χ0n) is 21.1. The number of carbonyl (C=O) groups excluding carboxylic acids is 2. The number of fused-ring (bicyclic) bond motifs is 2. The predicted molar refractivity (Wildman–Crippen MR) is 128 cm³/mol. The van der Waals surface area contributed by atoms with Crippen LogP contribution in [0.25, 0.3) is 0 Å². The fourth-order valence-electron chi connectivity index (χ4n) is 4.01. The predicted octanol–water partition coefficient (Wildman–Crippen LogP) is 2.99. The maximum atomic E-state index is 12.9. The first-order valence-corrected chi connectivity index (χ1v) is 12.1. The van der Waals surface area contributed by atoms with Crippen LogP contribution in [0.1, 0.15) is 37.9 Å². The molecule has 1 aliphatic rings. The molecule has 2 N–H and O–H groups in total. The van der Waals surface area contributed by atoms with Crippen LogP contribution in [0.3, 0.4) is 0 Å². The molecule has 0 radical (unpaired) electrons. The lowest BCUT2D eigenvalue weighted by atomic mass is 10.0. The van der Waals surface area contributed by atoms with Crippen molar-refractivity contribution in [3.63, 3.8) is 0 Å². The number of rotatable bonds is 5. The van der Waals surface area contributed by atoms with E-state index in [2.05, 4.69) is 15.6 Å². The number of alkyl halides is 3. The molecule has 3 atom stereocenters. The van der Waals surface area contributed by atoms with Crippen molar-refractivity contribution in [3.05, 3.63) is 41.7 Å². The largest absolute Gasteiger partial charge is 0.416 e. The highest BCUT2D eigenvalue weighted by Gasteiger charge is 2.31. The highest BCUT2D eigenvalue weighted by molar-refractivity contribution is 5.89. The number of hydrogen-bond donors (Lipinski definition) is 2. The zero-order chi connectivity index (χ0) is 27.2. The van der Waals surface area contributed by atoms with Gasteiger partial charge in [-0.05, 0) is 37.6 Å². The molecule has 2 bridgehead atoms. The van der Waals surface area contributed by atoms with Gasteiger partial charge in [0.1, 0.15) is 5.69 Å². The van der Waals surface area contributed by atoms with Gasteiger partial charge in [0.15, 0.2) is 0 Å². The number of likely N-dealkylation sites (N-methyl/N-ethyl adjacent to an activating group) is 1. The van der Waals surface area contributed by atoms with E-state index in [4.69, 9.17) is 4.74 Å². The third-order valence-corrected chi connectivity index (χ3v) is 6.31. The Balaban J connectivity index is 1.73. The van der Waals surface area contributed by atoms with Crippen LogP contribution in [0.5, 0.6) is 0 Å². The molecule has 3 amide bonds. The molecule has 0 saturated heterocycles. The minimum absolute atomic E-state index is 0.0971. The molecule has 3 rings (SSSR count). The minimum Gasteiger partial charge on any atom is -0.394 e. The molecule has 0 fully saturated rings. The number of halogens is 3. The maximum absolute atomic E-state index is 12.9. The average Bonchev–Trinajstić information content (AvgIpc) is 3.31. The summed E-state index contributed by atoms with van der Waals surface area (Å²) in [5, 5.41) is 20.4. The quantitative estimate of drug-likeness (QED) is 0.620. The lowest BCUT2D eigenvalue weighted by molar-refractivity contribution is -0.137. The van der Waals surface area contributed by atoms with Crippen LogP contribution in [-0.2, 0) is 28.9 Å². The van der Waals surface area contributed by atoms with Crippen molar-refractivity contribution in [2.24, 2.45) is 5.92 Å². The molecule has 0 aliphatic carbocycles. The van der Waals surface area contributed by atoms with Gasteiger partial charge < -0.3 is 25.0 Å². The number of nitrogens with zero attached hydrogens (tertiary/aromatic N) is 5. The summed E-state index contributed by atoms with van der Waals surface area (Å²) < 4.78 is 46.2. The molecule has 13 heteroatoms. The van der Waals surface area contributed by atoms with Gasteiger partial charge in [0.2, 0.25) is 5.91 Å². The van der Waals surface area contributed by atoms with Crippen LogP contribution < -0.4 is 5.32 Å². The summed E-state index contributed by atoms with van der Waals surface area (Å²) in [4.78, 5) is 28.7.